The van der Waals surface area contributed by atoms with Gasteiger partial charge in [0.1, 0.15) is 5.76 Å². The van der Waals surface area contributed by atoms with E-state index in [0.717, 1.165) is 17.4 Å². The standard InChI is InChI=1S/C10H17NO/c1-7(2)5-8(3)10-6-9(4)12-11-10/h6-8H,5H2,1-4H3. The van der Waals surface area contributed by atoms with E-state index in [1.165, 1.54) is 6.42 Å². The first-order valence-electron chi connectivity index (χ1n) is 4.52. The van der Waals surface area contributed by atoms with Crippen LogP contribution in [0.4, 0.5) is 0 Å². The highest BCUT2D eigenvalue weighted by atomic mass is 16.5. The maximum absolute atomic E-state index is 5.02. The van der Waals surface area contributed by atoms with E-state index in [1.54, 1.807) is 0 Å². The van der Waals surface area contributed by atoms with Crippen LogP contribution in [0.2, 0.25) is 0 Å². The van der Waals surface area contributed by atoms with Gasteiger partial charge in [0, 0.05) is 12.0 Å². The van der Waals surface area contributed by atoms with E-state index >= 15 is 0 Å². The topological polar surface area (TPSA) is 26.0 Å². The zero-order valence-corrected chi connectivity index (χ0v) is 8.29. The van der Waals surface area contributed by atoms with Crippen molar-refractivity contribution in [2.24, 2.45) is 5.92 Å². The molecular formula is C10H17NO. The Morgan fingerprint density at radius 1 is 1.42 bits per heavy atom. The highest BCUT2D eigenvalue weighted by Gasteiger charge is 2.11. The number of aromatic nitrogens is 1. The quantitative estimate of drug-likeness (QED) is 0.691. The second-order valence-electron chi connectivity index (χ2n) is 3.89. The smallest absolute Gasteiger partial charge is 0.133 e. The fourth-order valence-corrected chi connectivity index (χ4v) is 1.45. The third-order valence-electron chi connectivity index (χ3n) is 1.98. The van der Waals surface area contributed by atoms with E-state index in [0.29, 0.717) is 5.92 Å². The highest BCUT2D eigenvalue weighted by Crippen LogP contribution is 2.22. The predicted molar refractivity (Wildman–Crippen MR) is 49.1 cm³/mol. The zero-order chi connectivity index (χ0) is 9.14. The molecule has 1 heterocycles. The van der Waals surface area contributed by atoms with Gasteiger partial charge in [-0.1, -0.05) is 25.9 Å². The lowest BCUT2D eigenvalue weighted by molar-refractivity contribution is 0.381. The molecule has 0 spiro atoms. The number of nitrogens with zero attached hydrogens (tertiary/aromatic N) is 1. The molecule has 2 nitrogen and oxygen atoms in total. The van der Waals surface area contributed by atoms with Gasteiger partial charge >= 0.3 is 0 Å². The second-order valence-corrected chi connectivity index (χ2v) is 3.89. The van der Waals surface area contributed by atoms with Crippen molar-refractivity contribution in [3.63, 3.8) is 0 Å². The molecule has 0 saturated carbocycles. The molecule has 0 N–H and O–H groups in total. The van der Waals surface area contributed by atoms with Crippen molar-refractivity contribution < 1.29 is 4.52 Å². The summed E-state index contributed by atoms with van der Waals surface area (Å²) in [4.78, 5) is 0. The summed E-state index contributed by atoms with van der Waals surface area (Å²) in [6, 6.07) is 2.02. The van der Waals surface area contributed by atoms with Crippen molar-refractivity contribution in [1.29, 1.82) is 0 Å². The highest BCUT2D eigenvalue weighted by molar-refractivity contribution is 5.08. The number of aryl methyl sites for hydroxylation is 1. The molecule has 1 aromatic rings. The normalized spacial score (nSPS) is 13.8. The number of hydrogen-bond acceptors (Lipinski definition) is 2. The zero-order valence-electron chi connectivity index (χ0n) is 8.29. The van der Waals surface area contributed by atoms with Crippen LogP contribution in [-0.2, 0) is 0 Å². The van der Waals surface area contributed by atoms with Crippen molar-refractivity contribution in [3.05, 3.63) is 17.5 Å². The molecule has 0 saturated heterocycles. The van der Waals surface area contributed by atoms with Gasteiger partial charge in [0.05, 0.1) is 5.69 Å². The molecule has 68 valence electrons. The van der Waals surface area contributed by atoms with Crippen LogP contribution < -0.4 is 0 Å². The Morgan fingerprint density at radius 3 is 2.50 bits per heavy atom. The van der Waals surface area contributed by atoms with Crippen molar-refractivity contribution >= 4 is 0 Å². The summed E-state index contributed by atoms with van der Waals surface area (Å²) >= 11 is 0. The van der Waals surface area contributed by atoms with Crippen molar-refractivity contribution in [3.8, 4) is 0 Å². The first kappa shape index (κ1) is 9.30. The molecule has 0 bridgehead atoms. The second kappa shape index (κ2) is 3.74. The van der Waals surface area contributed by atoms with Crippen LogP contribution in [0, 0.1) is 12.8 Å². The van der Waals surface area contributed by atoms with Gasteiger partial charge in [-0.2, -0.15) is 0 Å². The minimum absolute atomic E-state index is 0.516. The molecule has 0 fully saturated rings. The van der Waals surface area contributed by atoms with Gasteiger partial charge in [0.25, 0.3) is 0 Å². The lowest BCUT2D eigenvalue weighted by atomic mass is 9.96. The number of rotatable bonds is 3. The maximum Gasteiger partial charge on any atom is 0.133 e. The Balaban J connectivity index is 2.58. The lowest BCUT2D eigenvalue weighted by Gasteiger charge is -2.09. The predicted octanol–water partition coefficient (Wildman–Crippen LogP) is 3.13. The van der Waals surface area contributed by atoms with Crippen molar-refractivity contribution in [1.82, 2.24) is 5.16 Å². The molecule has 0 aliphatic heterocycles. The molecule has 0 aliphatic rings. The molecule has 0 aliphatic carbocycles. The third-order valence-corrected chi connectivity index (χ3v) is 1.98. The van der Waals surface area contributed by atoms with Crippen LogP contribution in [0.5, 0.6) is 0 Å². The van der Waals surface area contributed by atoms with Crippen LogP contribution in [0.3, 0.4) is 0 Å². The summed E-state index contributed by atoms with van der Waals surface area (Å²) < 4.78 is 5.02. The summed E-state index contributed by atoms with van der Waals surface area (Å²) in [5, 5.41) is 3.99. The Kier molecular flexibility index (Phi) is 2.90. The average molecular weight is 167 g/mol. The first-order valence-corrected chi connectivity index (χ1v) is 4.52. The molecule has 1 aromatic heterocycles. The molecule has 0 radical (unpaired) electrons. The Bertz CT molecular complexity index is 240. The van der Waals surface area contributed by atoms with Gasteiger partial charge in [-0.15, -0.1) is 0 Å². The van der Waals surface area contributed by atoms with E-state index in [4.69, 9.17) is 4.52 Å². The van der Waals surface area contributed by atoms with Gasteiger partial charge in [-0.05, 0) is 19.3 Å². The molecule has 1 atom stereocenters. The molecule has 1 rings (SSSR count). The van der Waals surface area contributed by atoms with Gasteiger partial charge in [0.2, 0.25) is 0 Å². The van der Waals surface area contributed by atoms with E-state index in [2.05, 4.69) is 25.9 Å². The van der Waals surface area contributed by atoms with Crippen LogP contribution >= 0.6 is 0 Å². The average Bonchev–Trinajstić information content (AvgIpc) is 2.34. The molecule has 1 unspecified atom stereocenters. The SMILES string of the molecule is Cc1cc(C(C)CC(C)C)no1. The van der Waals surface area contributed by atoms with Crippen molar-refractivity contribution in [2.75, 3.05) is 0 Å². The van der Waals surface area contributed by atoms with Gasteiger partial charge in [0.15, 0.2) is 0 Å². The largest absolute Gasteiger partial charge is 0.361 e. The van der Waals surface area contributed by atoms with Gasteiger partial charge in [-0.3, -0.25) is 0 Å². The van der Waals surface area contributed by atoms with Crippen LogP contribution in [-0.4, -0.2) is 5.16 Å². The first-order chi connectivity index (χ1) is 5.59. The molecular weight excluding hydrogens is 150 g/mol. The fourth-order valence-electron chi connectivity index (χ4n) is 1.45. The molecule has 0 amide bonds. The van der Waals surface area contributed by atoms with Crippen molar-refractivity contribution in [2.45, 2.75) is 40.0 Å². The van der Waals surface area contributed by atoms with Gasteiger partial charge < -0.3 is 4.52 Å². The van der Waals surface area contributed by atoms with E-state index in [9.17, 15) is 0 Å². The Morgan fingerprint density at radius 2 is 2.08 bits per heavy atom. The van der Waals surface area contributed by atoms with Crippen LogP contribution in [0.15, 0.2) is 10.6 Å². The summed E-state index contributed by atoms with van der Waals surface area (Å²) in [6.45, 7) is 8.57. The molecule has 12 heavy (non-hydrogen) atoms. The van der Waals surface area contributed by atoms with E-state index in [-0.39, 0.29) is 0 Å². The molecule has 0 aromatic carbocycles. The minimum atomic E-state index is 0.516. The Labute approximate surface area is 74.0 Å². The lowest BCUT2D eigenvalue weighted by Crippen LogP contribution is -1.98. The summed E-state index contributed by atoms with van der Waals surface area (Å²) in [6.07, 6.45) is 1.17. The minimum Gasteiger partial charge on any atom is -0.361 e. The van der Waals surface area contributed by atoms with Crippen LogP contribution in [0.1, 0.15) is 44.6 Å². The number of hydrogen-bond donors (Lipinski definition) is 0. The van der Waals surface area contributed by atoms with E-state index in [1.807, 2.05) is 13.0 Å². The molecule has 2 heteroatoms. The third kappa shape index (κ3) is 2.36. The van der Waals surface area contributed by atoms with Gasteiger partial charge in [-0.25, -0.2) is 0 Å². The summed E-state index contributed by atoms with van der Waals surface area (Å²) in [5.74, 6) is 2.14. The van der Waals surface area contributed by atoms with Crippen LogP contribution in [0.25, 0.3) is 0 Å². The fraction of sp³-hybridized carbons (Fsp3) is 0.700. The monoisotopic (exact) mass is 167 g/mol. The summed E-state index contributed by atoms with van der Waals surface area (Å²) in [5.41, 5.74) is 1.08. The maximum atomic E-state index is 5.02. The van der Waals surface area contributed by atoms with E-state index < -0.39 is 0 Å². The summed E-state index contributed by atoms with van der Waals surface area (Å²) in [7, 11) is 0. The Hall–Kier alpha value is -0.790.